The van der Waals surface area contributed by atoms with Gasteiger partial charge in [-0.1, -0.05) is 13.8 Å². The summed E-state index contributed by atoms with van der Waals surface area (Å²) in [6.07, 6.45) is 1.67. The number of nitrogens with one attached hydrogen (secondary N) is 1. The number of imide groups is 1. The molecule has 0 aliphatic carbocycles. The highest BCUT2D eigenvalue weighted by atomic mass is 32.2. The lowest BCUT2D eigenvalue weighted by atomic mass is 9.93. The number of urea groups is 1. The topological polar surface area (TPSA) is 108 Å². The van der Waals surface area contributed by atoms with Gasteiger partial charge in [-0.2, -0.15) is 9.48 Å². The number of dihydropyridines is 1. The normalized spacial score (nSPS) is 18.1. The van der Waals surface area contributed by atoms with Crippen LogP contribution in [0.15, 0.2) is 39.7 Å². The average molecular weight is 472 g/mol. The molecule has 33 heavy (non-hydrogen) atoms. The highest BCUT2D eigenvalue weighted by molar-refractivity contribution is 8.03. The largest absolute Gasteiger partial charge is 0.462 e. The second-order valence-corrected chi connectivity index (χ2v) is 8.91. The quantitative estimate of drug-likeness (QED) is 0.484. The number of fused-ring (bicyclic) bond motifs is 1. The van der Waals surface area contributed by atoms with Crippen LogP contribution in [0.1, 0.15) is 31.1 Å². The van der Waals surface area contributed by atoms with Crippen molar-refractivity contribution < 1.29 is 28.5 Å². The molecule has 0 saturated heterocycles. The highest BCUT2D eigenvalue weighted by Crippen LogP contribution is 2.37. The van der Waals surface area contributed by atoms with Crippen molar-refractivity contribution >= 4 is 53.3 Å². The van der Waals surface area contributed by atoms with Gasteiger partial charge in [0.1, 0.15) is 6.21 Å². The minimum atomic E-state index is -0.721. The molecule has 0 aromatic heterocycles. The molecule has 4 amide bonds. The Kier molecular flexibility index (Phi) is 7.47. The molecule has 1 N–H and O–H groups in total. The molecular formula is C23H27N4O5S+. The van der Waals surface area contributed by atoms with Gasteiger partial charge in [0.2, 0.25) is 5.91 Å². The van der Waals surface area contributed by atoms with Crippen LogP contribution in [-0.2, 0) is 14.3 Å². The van der Waals surface area contributed by atoms with Crippen LogP contribution < -0.4 is 5.32 Å². The van der Waals surface area contributed by atoms with Crippen LogP contribution in [-0.4, -0.2) is 71.8 Å². The van der Waals surface area contributed by atoms with Crippen LogP contribution in [0, 0.1) is 11.8 Å². The first-order valence-corrected chi connectivity index (χ1v) is 11.5. The summed E-state index contributed by atoms with van der Waals surface area (Å²) in [5.74, 6) is -1.25. The van der Waals surface area contributed by atoms with Gasteiger partial charge in [0.05, 0.1) is 32.0 Å². The predicted molar refractivity (Wildman–Crippen MR) is 127 cm³/mol. The Morgan fingerprint density at radius 1 is 1.24 bits per heavy atom. The number of rotatable bonds is 7. The Balaban J connectivity index is 1.76. The zero-order chi connectivity index (χ0) is 24.3. The molecule has 3 rings (SSSR count). The number of aliphatic imine (C=N–C) groups is 1. The molecule has 9 nitrogen and oxygen atoms in total. The first-order valence-electron chi connectivity index (χ1n) is 10.6. The van der Waals surface area contributed by atoms with Crippen molar-refractivity contribution in [2.24, 2.45) is 16.8 Å². The first kappa shape index (κ1) is 24.4. The van der Waals surface area contributed by atoms with Gasteiger partial charge >= 0.3 is 17.9 Å². The fourth-order valence-electron chi connectivity index (χ4n) is 3.52. The third kappa shape index (κ3) is 5.05. The lowest BCUT2D eigenvalue weighted by Crippen LogP contribution is -2.53. The van der Waals surface area contributed by atoms with Gasteiger partial charge in [0.15, 0.2) is 5.92 Å². The Morgan fingerprint density at radius 2 is 1.91 bits per heavy atom. The molecule has 174 valence electrons. The molecule has 2 aliphatic heterocycles. The smallest absolute Gasteiger partial charge is 0.445 e. The summed E-state index contributed by atoms with van der Waals surface area (Å²) in [4.78, 5) is 55.9. The number of benzene rings is 1. The van der Waals surface area contributed by atoms with Crippen LogP contribution in [0.4, 0.5) is 10.5 Å². The van der Waals surface area contributed by atoms with Gasteiger partial charge in [0.25, 0.3) is 5.84 Å². The molecule has 2 heterocycles. The molecule has 0 saturated carbocycles. The van der Waals surface area contributed by atoms with Gasteiger partial charge in [-0.3, -0.25) is 9.59 Å². The van der Waals surface area contributed by atoms with E-state index in [9.17, 15) is 19.2 Å². The van der Waals surface area contributed by atoms with Crippen LogP contribution in [0.5, 0.6) is 0 Å². The SMILES string of the molecule is CCOC(=O)c1ccc(NC(=O)CSC2=C(C(C)C)C=NC3=[N+](C)C(=O)N(C)C(=O)C23)cc1. The maximum atomic E-state index is 13.0. The summed E-state index contributed by atoms with van der Waals surface area (Å²) in [5, 5.41) is 2.80. The Hall–Kier alpha value is -3.27. The highest BCUT2D eigenvalue weighted by Gasteiger charge is 2.48. The minimum absolute atomic E-state index is 0.0669. The third-order valence-electron chi connectivity index (χ3n) is 5.30. The van der Waals surface area contributed by atoms with Gasteiger partial charge in [-0.05, 0) is 37.1 Å². The second-order valence-electron chi connectivity index (χ2n) is 7.90. The van der Waals surface area contributed by atoms with E-state index in [1.165, 1.54) is 23.4 Å². The lowest BCUT2D eigenvalue weighted by molar-refractivity contribution is -0.407. The number of carbonyl (C=O) groups excluding carboxylic acids is 4. The molecule has 0 fully saturated rings. The maximum Gasteiger partial charge on any atom is 0.445 e. The number of amides is 4. The van der Waals surface area contributed by atoms with Crippen molar-refractivity contribution in [3.05, 3.63) is 40.3 Å². The fraction of sp³-hybridized carbons (Fsp3) is 0.391. The van der Waals surface area contributed by atoms with Crippen molar-refractivity contribution in [1.82, 2.24) is 4.90 Å². The third-order valence-corrected chi connectivity index (χ3v) is 6.49. The molecule has 1 aromatic carbocycles. The van der Waals surface area contributed by atoms with E-state index < -0.39 is 17.9 Å². The van der Waals surface area contributed by atoms with Gasteiger partial charge in [0, 0.05) is 16.2 Å². The number of ether oxygens (including phenoxy) is 1. The Morgan fingerprint density at radius 3 is 2.52 bits per heavy atom. The molecule has 0 radical (unpaired) electrons. The number of carbonyl (C=O) groups is 4. The summed E-state index contributed by atoms with van der Waals surface area (Å²) in [6, 6.07) is 6.00. The van der Waals surface area contributed by atoms with E-state index in [1.807, 2.05) is 13.8 Å². The predicted octanol–water partition coefficient (Wildman–Crippen LogP) is 2.78. The van der Waals surface area contributed by atoms with Gasteiger partial charge < -0.3 is 10.1 Å². The lowest BCUT2D eigenvalue weighted by Gasteiger charge is -2.29. The molecule has 0 bridgehead atoms. The van der Waals surface area contributed by atoms with E-state index >= 15 is 0 Å². The molecule has 1 atom stereocenters. The summed E-state index contributed by atoms with van der Waals surface area (Å²) < 4.78 is 6.32. The molecule has 1 aromatic rings. The van der Waals surface area contributed by atoms with Crippen molar-refractivity contribution in [2.75, 3.05) is 31.8 Å². The summed E-state index contributed by atoms with van der Waals surface area (Å²) in [6.45, 7) is 6.00. The summed E-state index contributed by atoms with van der Waals surface area (Å²) in [5.41, 5.74) is 1.81. The average Bonchev–Trinajstić information content (AvgIpc) is 2.79. The van der Waals surface area contributed by atoms with E-state index in [0.717, 1.165) is 15.4 Å². The zero-order valence-corrected chi connectivity index (χ0v) is 20.1. The summed E-state index contributed by atoms with van der Waals surface area (Å²) >= 11 is 1.27. The van der Waals surface area contributed by atoms with E-state index in [2.05, 4.69) is 10.3 Å². The van der Waals surface area contributed by atoms with E-state index in [0.29, 0.717) is 17.1 Å². The fourth-order valence-corrected chi connectivity index (χ4v) is 4.70. The molecule has 2 aliphatic rings. The molecule has 1 unspecified atom stereocenters. The number of esters is 1. The number of allylic oxidation sites excluding steroid dienone is 1. The molecule has 10 heteroatoms. The maximum absolute atomic E-state index is 13.0. The zero-order valence-electron chi connectivity index (χ0n) is 19.2. The van der Waals surface area contributed by atoms with Gasteiger partial charge in [-0.15, -0.1) is 16.8 Å². The van der Waals surface area contributed by atoms with Crippen molar-refractivity contribution in [3.63, 3.8) is 0 Å². The number of amidine groups is 1. The molecule has 0 spiro atoms. The van der Waals surface area contributed by atoms with E-state index in [4.69, 9.17) is 4.74 Å². The minimum Gasteiger partial charge on any atom is -0.462 e. The van der Waals surface area contributed by atoms with Crippen molar-refractivity contribution in [1.29, 1.82) is 0 Å². The Labute approximate surface area is 196 Å². The molecular weight excluding hydrogens is 444 g/mol. The van der Waals surface area contributed by atoms with Crippen LogP contribution in [0.2, 0.25) is 0 Å². The summed E-state index contributed by atoms with van der Waals surface area (Å²) in [7, 11) is 3.03. The van der Waals surface area contributed by atoms with Crippen LogP contribution >= 0.6 is 11.8 Å². The number of hydrogen-bond acceptors (Lipinski definition) is 7. The first-order chi connectivity index (χ1) is 15.6. The van der Waals surface area contributed by atoms with Crippen LogP contribution in [0.25, 0.3) is 0 Å². The second kappa shape index (κ2) is 10.1. The van der Waals surface area contributed by atoms with Crippen molar-refractivity contribution in [2.45, 2.75) is 20.8 Å². The standard InChI is InChI=1S/C23H26N4O5S/c1-6-32-22(30)14-7-9-15(10-8-14)25-17(28)12-33-19-16(13(2)3)11-24-20-18(19)21(29)27(5)23(31)26(20)4/h7-11,13,18H,6,12H2,1-5H3/p+1. The van der Waals surface area contributed by atoms with Crippen molar-refractivity contribution in [3.8, 4) is 0 Å². The monoisotopic (exact) mass is 471 g/mol. The number of anilines is 1. The van der Waals surface area contributed by atoms with E-state index in [-0.39, 0.29) is 30.1 Å². The van der Waals surface area contributed by atoms with Crippen LogP contribution in [0.3, 0.4) is 0 Å². The van der Waals surface area contributed by atoms with E-state index in [1.54, 1.807) is 44.5 Å². The number of hydrogen-bond donors (Lipinski definition) is 1. The number of nitrogens with zero attached hydrogens (tertiary/aromatic N) is 3. The van der Waals surface area contributed by atoms with Gasteiger partial charge in [-0.25, -0.2) is 9.59 Å². The Bertz CT molecular complexity index is 1090. The number of thioether (sulfide) groups is 1.